The van der Waals surface area contributed by atoms with Gasteiger partial charge in [0.15, 0.2) is 0 Å². The summed E-state index contributed by atoms with van der Waals surface area (Å²) in [6, 6.07) is 16.4. The predicted molar refractivity (Wildman–Crippen MR) is 104 cm³/mol. The van der Waals surface area contributed by atoms with Crippen molar-refractivity contribution >= 4 is 11.6 Å². The second-order valence-corrected chi connectivity index (χ2v) is 5.98. The third kappa shape index (κ3) is 5.60. The predicted octanol–water partition coefficient (Wildman–Crippen LogP) is 4.00. The molecule has 140 valence electrons. The maximum Gasteiger partial charge on any atom is 0.255 e. The third-order valence-electron chi connectivity index (χ3n) is 3.81. The average molecular weight is 365 g/mol. The number of aromatic nitrogens is 2. The Kier molecular flexibility index (Phi) is 6.46. The highest BCUT2D eigenvalue weighted by molar-refractivity contribution is 6.04. The highest BCUT2D eigenvalue weighted by Gasteiger charge is 2.08. The molecule has 0 fully saturated rings. The molecule has 0 saturated heterocycles. The quantitative estimate of drug-likeness (QED) is 0.622. The van der Waals surface area contributed by atoms with Gasteiger partial charge in [0.05, 0.1) is 13.2 Å². The van der Waals surface area contributed by atoms with E-state index < -0.39 is 0 Å². The molecular weight excluding hydrogens is 342 g/mol. The van der Waals surface area contributed by atoms with Crippen LogP contribution in [0.4, 0.5) is 5.69 Å². The number of hydrogen-bond donors (Lipinski definition) is 1. The van der Waals surface area contributed by atoms with Crippen molar-refractivity contribution in [1.82, 2.24) is 9.78 Å². The number of rotatable bonds is 9. The van der Waals surface area contributed by atoms with E-state index in [1.807, 2.05) is 49.5 Å². The third-order valence-corrected chi connectivity index (χ3v) is 3.81. The van der Waals surface area contributed by atoms with Crippen LogP contribution in [0.15, 0.2) is 67.0 Å². The molecule has 6 heteroatoms. The summed E-state index contributed by atoms with van der Waals surface area (Å²) in [4.78, 5) is 12.5. The van der Waals surface area contributed by atoms with Gasteiger partial charge in [0.2, 0.25) is 0 Å². The van der Waals surface area contributed by atoms with Gasteiger partial charge in [-0.25, -0.2) is 0 Å². The minimum Gasteiger partial charge on any atom is -0.494 e. The molecule has 1 heterocycles. The Bertz CT molecular complexity index is 863. The van der Waals surface area contributed by atoms with Gasteiger partial charge in [0.25, 0.3) is 5.91 Å². The fourth-order valence-electron chi connectivity index (χ4n) is 2.50. The van der Waals surface area contributed by atoms with Gasteiger partial charge in [-0.15, -0.1) is 0 Å². The first kappa shape index (κ1) is 18.5. The van der Waals surface area contributed by atoms with Crippen LogP contribution in [0.3, 0.4) is 0 Å². The number of ether oxygens (including phenoxy) is 2. The van der Waals surface area contributed by atoms with Gasteiger partial charge >= 0.3 is 0 Å². The van der Waals surface area contributed by atoms with Crippen molar-refractivity contribution in [3.8, 4) is 11.5 Å². The molecule has 0 aliphatic heterocycles. The Morgan fingerprint density at radius 2 is 1.81 bits per heavy atom. The van der Waals surface area contributed by atoms with Crippen LogP contribution in [0.25, 0.3) is 0 Å². The summed E-state index contributed by atoms with van der Waals surface area (Å²) in [7, 11) is 0. The topological polar surface area (TPSA) is 65.4 Å². The monoisotopic (exact) mass is 365 g/mol. The molecule has 1 amide bonds. The highest BCUT2D eigenvalue weighted by Crippen LogP contribution is 2.19. The van der Waals surface area contributed by atoms with E-state index in [1.165, 1.54) is 0 Å². The zero-order chi connectivity index (χ0) is 18.9. The maximum atomic E-state index is 12.5. The van der Waals surface area contributed by atoms with Crippen LogP contribution < -0.4 is 14.8 Å². The number of benzene rings is 2. The van der Waals surface area contributed by atoms with E-state index in [0.717, 1.165) is 6.42 Å². The number of amides is 1. The van der Waals surface area contributed by atoms with Gasteiger partial charge < -0.3 is 14.8 Å². The minimum atomic E-state index is -0.189. The van der Waals surface area contributed by atoms with Crippen LogP contribution >= 0.6 is 0 Å². The molecule has 0 spiro atoms. The fourth-order valence-corrected chi connectivity index (χ4v) is 2.50. The fraction of sp³-hybridized carbons (Fsp3) is 0.238. The first-order valence-electron chi connectivity index (χ1n) is 8.99. The van der Waals surface area contributed by atoms with Crippen LogP contribution in [0.5, 0.6) is 11.5 Å². The van der Waals surface area contributed by atoms with Crippen molar-refractivity contribution in [2.45, 2.75) is 19.9 Å². The van der Waals surface area contributed by atoms with E-state index in [1.54, 1.807) is 29.1 Å². The van der Waals surface area contributed by atoms with Gasteiger partial charge in [0, 0.05) is 29.7 Å². The summed E-state index contributed by atoms with van der Waals surface area (Å²) in [5, 5.41) is 7.03. The number of carbonyl (C=O) groups is 1. The van der Waals surface area contributed by atoms with E-state index in [0.29, 0.717) is 42.5 Å². The molecule has 2 aromatic carbocycles. The van der Waals surface area contributed by atoms with E-state index in [4.69, 9.17) is 9.47 Å². The Hall–Kier alpha value is -3.28. The van der Waals surface area contributed by atoms with Crippen molar-refractivity contribution in [1.29, 1.82) is 0 Å². The lowest BCUT2D eigenvalue weighted by Crippen LogP contribution is -2.12. The van der Waals surface area contributed by atoms with Gasteiger partial charge in [-0.05, 0) is 42.8 Å². The molecule has 1 N–H and O–H groups in total. The Balaban J connectivity index is 1.57. The van der Waals surface area contributed by atoms with E-state index in [-0.39, 0.29) is 5.91 Å². The molecule has 0 atom stereocenters. The summed E-state index contributed by atoms with van der Waals surface area (Å²) >= 11 is 0. The lowest BCUT2D eigenvalue weighted by molar-refractivity contribution is 0.102. The van der Waals surface area contributed by atoms with Crippen LogP contribution in [0.2, 0.25) is 0 Å². The van der Waals surface area contributed by atoms with Crippen LogP contribution in [-0.4, -0.2) is 28.9 Å². The van der Waals surface area contributed by atoms with Gasteiger partial charge in [-0.1, -0.05) is 19.1 Å². The summed E-state index contributed by atoms with van der Waals surface area (Å²) in [6.07, 6.45) is 4.54. The van der Waals surface area contributed by atoms with Crippen molar-refractivity contribution in [3.63, 3.8) is 0 Å². The lowest BCUT2D eigenvalue weighted by Gasteiger charge is -2.10. The minimum absolute atomic E-state index is 0.189. The maximum absolute atomic E-state index is 12.5. The molecule has 0 radical (unpaired) electrons. The number of nitrogens with one attached hydrogen (secondary N) is 1. The molecule has 3 aromatic rings. The first-order chi connectivity index (χ1) is 13.2. The Morgan fingerprint density at radius 1 is 1.04 bits per heavy atom. The molecule has 0 aliphatic carbocycles. The number of carbonyl (C=O) groups excluding carboxylic acids is 1. The van der Waals surface area contributed by atoms with Crippen LogP contribution in [0.1, 0.15) is 23.7 Å². The normalized spacial score (nSPS) is 10.4. The average Bonchev–Trinajstić information content (AvgIpc) is 3.20. The van der Waals surface area contributed by atoms with Crippen molar-refractivity contribution < 1.29 is 14.3 Å². The largest absolute Gasteiger partial charge is 0.494 e. The second kappa shape index (κ2) is 9.43. The van der Waals surface area contributed by atoms with E-state index >= 15 is 0 Å². The number of hydrogen-bond acceptors (Lipinski definition) is 4. The van der Waals surface area contributed by atoms with Crippen molar-refractivity contribution in [2.75, 3.05) is 18.5 Å². The van der Waals surface area contributed by atoms with Crippen LogP contribution in [-0.2, 0) is 6.54 Å². The molecule has 1 aromatic heterocycles. The summed E-state index contributed by atoms with van der Waals surface area (Å²) < 4.78 is 13.1. The number of anilines is 1. The van der Waals surface area contributed by atoms with E-state index in [9.17, 15) is 4.79 Å². The molecule has 0 bridgehead atoms. The van der Waals surface area contributed by atoms with Gasteiger partial charge in [0.1, 0.15) is 18.1 Å². The molecule has 0 unspecified atom stereocenters. The first-order valence-corrected chi connectivity index (χ1v) is 8.99. The Labute approximate surface area is 158 Å². The SMILES string of the molecule is CCCOc1cccc(C(=O)Nc2cccc(OCCn3cccn3)c2)c1. The summed E-state index contributed by atoms with van der Waals surface area (Å²) in [6.45, 7) is 3.83. The Morgan fingerprint density at radius 3 is 2.59 bits per heavy atom. The van der Waals surface area contributed by atoms with Crippen molar-refractivity contribution in [2.24, 2.45) is 0 Å². The molecule has 6 nitrogen and oxygen atoms in total. The summed E-state index contributed by atoms with van der Waals surface area (Å²) in [5.74, 6) is 1.20. The zero-order valence-corrected chi connectivity index (χ0v) is 15.3. The molecular formula is C21H23N3O3. The second-order valence-electron chi connectivity index (χ2n) is 5.98. The van der Waals surface area contributed by atoms with E-state index in [2.05, 4.69) is 10.4 Å². The standard InChI is InChI=1S/C21H23N3O3/c1-2-13-26-19-8-3-6-17(15-19)21(25)23-18-7-4-9-20(16-18)27-14-12-24-11-5-10-22-24/h3-11,15-16H,2,12-14H2,1H3,(H,23,25). The van der Waals surface area contributed by atoms with Gasteiger partial charge in [-0.2, -0.15) is 5.10 Å². The van der Waals surface area contributed by atoms with Crippen molar-refractivity contribution in [3.05, 3.63) is 72.6 Å². The summed E-state index contributed by atoms with van der Waals surface area (Å²) in [5.41, 5.74) is 1.23. The molecule has 0 aliphatic rings. The zero-order valence-electron chi connectivity index (χ0n) is 15.3. The van der Waals surface area contributed by atoms with Crippen LogP contribution in [0, 0.1) is 0 Å². The molecule has 0 saturated carbocycles. The molecule has 3 rings (SSSR count). The highest BCUT2D eigenvalue weighted by atomic mass is 16.5. The smallest absolute Gasteiger partial charge is 0.255 e. The van der Waals surface area contributed by atoms with Gasteiger partial charge in [-0.3, -0.25) is 9.48 Å². The number of nitrogens with zero attached hydrogens (tertiary/aromatic N) is 2. The molecule has 27 heavy (non-hydrogen) atoms. The lowest BCUT2D eigenvalue weighted by atomic mass is 10.2.